The van der Waals surface area contributed by atoms with Crippen LogP contribution in [-0.2, 0) is 0 Å². The Morgan fingerprint density at radius 2 is 2.11 bits per heavy atom. The van der Waals surface area contributed by atoms with Gasteiger partial charge in [-0.25, -0.2) is 0 Å². The molecule has 0 aliphatic rings. The molecular weight excluding hydrogens is 240 g/mol. The number of para-hydroxylation sites is 1. The Morgan fingerprint density at radius 3 is 2.72 bits per heavy atom. The second-order valence-electron chi connectivity index (χ2n) is 3.57. The first-order valence-electron chi connectivity index (χ1n) is 5.18. The fourth-order valence-corrected chi connectivity index (χ4v) is 1.50. The maximum absolute atomic E-state index is 10.8. The van der Waals surface area contributed by atoms with Crippen LogP contribution < -0.4 is 0 Å². The van der Waals surface area contributed by atoms with Gasteiger partial charge in [0.15, 0.2) is 0 Å². The van der Waals surface area contributed by atoms with Crippen LogP contribution in [0, 0.1) is 10.1 Å². The van der Waals surface area contributed by atoms with Crippen LogP contribution in [0.25, 0.3) is 10.4 Å². The zero-order valence-corrected chi connectivity index (χ0v) is 9.38. The van der Waals surface area contributed by atoms with Gasteiger partial charge in [0.25, 0.3) is 5.69 Å². The topological polar surface area (TPSA) is 132 Å². The molecule has 0 aliphatic heterocycles. The number of hydrogen-bond donors (Lipinski definition) is 2. The lowest BCUT2D eigenvalue weighted by molar-refractivity contribution is -0.386. The van der Waals surface area contributed by atoms with Gasteiger partial charge in [0.05, 0.1) is 16.6 Å². The first-order chi connectivity index (χ1) is 8.57. The van der Waals surface area contributed by atoms with E-state index in [0.29, 0.717) is 0 Å². The van der Waals surface area contributed by atoms with Crippen LogP contribution >= 0.6 is 0 Å². The summed E-state index contributed by atoms with van der Waals surface area (Å²) in [6.07, 6.45) is -2.59. The Hall–Kier alpha value is -2.15. The third kappa shape index (κ3) is 3.42. The number of nitrogens with zero attached hydrogens (tertiary/aromatic N) is 4. The first kappa shape index (κ1) is 13.9. The van der Waals surface area contributed by atoms with Gasteiger partial charge in [0.2, 0.25) is 0 Å². The molecule has 0 saturated heterocycles. The van der Waals surface area contributed by atoms with E-state index in [-0.39, 0.29) is 24.2 Å². The highest BCUT2D eigenvalue weighted by atomic mass is 16.6. The van der Waals surface area contributed by atoms with E-state index in [1.165, 1.54) is 24.3 Å². The van der Waals surface area contributed by atoms with Gasteiger partial charge in [-0.2, -0.15) is 0 Å². The number of aliphatic hydroxyl groups excluding tert-OH is 2. The van der Waals surface area contributed by atoms with Gasteiger partial charge in [-0.1, -0.05) is 17.2 Å². The second kappa shape index (κ2) is 6.55. The van der Waals surface area contributed by atoms with Gasteiger partial charge in [-0.3, -0.25) is 10.1 Å². The number of rotatable bonds is 6. The molecule has 0 radical (unpaired) electrons. The third-order valence-electron chi connectivity index (χ3n) is 2.40. The summed E-state index contributed by atoms with van der Waals surface area (Å²) in [5, 5.41) is 33.5. The number of hydrogen-bond acceptors (Lipinski definition) is 5. The lowest BCUT2D eigenvalue weighted by Gasteiger charge is -2.17. The average Bonchev–Trinajstić information content (AvgIpc) is 2.38. The van der Waals surface area contributed by atoms with Crippen LogP contribution in [0.2, 0.25) is 0 Å². The highest BCUT2D eigenvalue weighted by Gasteiger charge is 2.25. The average molecular weight is 252 g/mol. The first-order valence-corrected chi connectivity index (χ1v) is 5.18. The SMILES string of the molecule is [N-]=[N+]=NCCC(O)C(O)c1ccccc1[N+](=O)[O-]. The fourth-order valence-electron chi connectivity index (χ4n) is 1.50. The fraction of sp³-hybridized carbons (Fsp3) is 0.400. The highest BCUT2D eigenvalue weighted by Crippen LogP contribution is 2.27. The van der Waals surface area contributed by atoms with E-state index in [9.17, 15) is 20.3 Å². The maximum Gasteiger partial charge on any atom is 0.275 e. The monoisotopic (exact) mass is 252 g/mol. The van der Waals surface area contributed by atoms with Crippen LogP contribution in [-0.4, -0.2) is 27.8 Å². The minimum atomic E-state index is -1.39. The van der Waals surface area contributed by atoms with Crippen molar-refractivity contribution in [2.45, 2.75) is 18.6 Å². The molecule has 1 aromatic carbocycles. The third-order valence-corrected chi connectivity index (χ3v) is 2.40. The Bertz CT molecular complexity index is 473. The molecule has 0 fully saturated rings. The lowest BCUT2D eigenvalue weighted by atomic mass is 10.0. The van der Waals surface area contributed by atoms with Crippen LogP contribution in [0.4, 0.5) is 5.69 Å². The molecule has 96 valence electrons. The molecular formula is C10H12N4O4. The van der Waals surface area contributed by atoms with E-state index in [1.54, 1.807) is 0 Å². The van der Waals surface area contributed by atoms with Crippen LogP contribution in [0.1, 0.15) is 18.1 Å². The van der Waals surface area contributed by atoms with E-state index in [1.807, 2.05) is 0 Å². The van der Waals surface area contributed by atoms with Gasteiger partial charge >= 0.3 is 0 Å². The van der Waals surface area contributed by atoms with E-state index in [0.717, 1.165) is 0 Å². The highest BCUT2D eigenvalue weighted by molar-refractivity contribution is 5.41. The lowest BCUT2D eigenvalue weighted by Crippen LogP contribution is -2.20. The van der Waals surface area contributed by atoms with Crippen LogP contribution in [0.15, 0.2) is 29.4 Å². The van der Waals surface area contributed by atoms with Crippen molar-refractivity contribution in [3.8, 4) is 0 Å². The number of benzene rings is 1. The second-order valence-corrected chi connectivity index (χ2v) is 3.57. The molecule has 1 rings (SSSR count). The van der Waals surface area contributed by atoms with Crippen molar-refractivity contribution in [1.82, 2.24) is 0 Å². The maximum atomic E-state index is 10.8. The Balaban J connectivity index is 2.85. The molecule has 2 unspecified atom stereocenters. The van der Waals surface area contributed by atoms with Gasteiger partial charge in [-0.05, 0) is 18.0 Å². The summed E-state index contributed by atoms with van der Waals surface area (Å²) in [6.45, 7) is 0.00928. The van der Waals surface area contributed by atoms with E-state index in [2.05, 4.69) is 10.0 Å². The van der Waals surface area contributed by atoms with Crippen LogP contribution in [0.5, 0.6) is 0 Å². The van der Waals surface area contributed by atoms with Crippen LogP contribution in [0.3, 0.4) is 0 Å². The van der Waals surface area contributed by atoms with Gasteiger partial charge in [-0.15, -0.1) is 0 Å². The predicted octanol–water partition coefficient (Wildman–Crippen LogP) is 1.69. The van der Waals surface area contributed by atoms with Crippen molar-refractivity contribution in [2.24, 2.45) is 5.11 Å². The summed E-state index contributed by atoms with van der Waals surface area (Å²) in [5.41, 5.74) is 7.86. The molecule has 0 bridgehead atoms. The number of azide groups is 1. The standard InChI is InChI=1S/C10H12N4O4/c11-13-12-6-5-9(15)10(16)7-3-1-2-4-8(7)14(17)18/h1-4,9-10,15-16H,5-6H2. The smallest absolute Gasteiger partial charge is 0.275 e. The quantitative estimate of drug-likeness (QED) is 0.262. The molecule has 0 spiro atoms. The molecule has 0 saturated carbocycles. The summed E-state index contributed by atoms with van der Waals surface area (Å²) in [7, 11) is 0. The predicted molar refractivity (Wildman–Crippen MR) is 62.7 cm³/mol. The molecule has 18 heavy (non-hydrogen) atoms. The molecule has 2 N–H and O–H groups in total. The minimum Gasteiger partial charge on any atom is -0.390 e. The largest absolute Gasteiger partial charge is 0.390 e. The van der Waals surface area contributed by atoms with Gasteiger partial charge in [0, 0.05) is 17.5 Å². The number of nitro groups is 1. The summed E-state index contributed by atoms with van der Waals surface area (Å²) >= 11 is 0. The zero-order valence-electron chi connectivity index (χ0n) is 9.38. The summed E-state index contributed by atoms with van der Waals surface area (Å²) < 4.78 is 0. The van der Waals surface area contributed by atoms with Crippen molar-refractivity contribution in [3.05, 3.63) is 50.4 Å². The summed E-state index contributed by atoms with van der Waals surface area (Å²) in [6, 6.07) is 5.63. The number of aliphatic hydroxyl groups is 2. The minimum absolute atomic E-state index is 0.00928. The molecule has 0 amide bonds. The zero-order chi connectivity index (χ0) is 13.5. The van der Waals surface area contributed by atoms with Crippen molar-refractivity contribution in [3.63, 3.8) is 0 Å². The van der Waals surface area contributed by atoms with Gasteiger partial charge < -0.3 is 10.2 Å². The molecule has 8 nitrogen and oxygen atoms in total. The normalized spacial score (nSPS) is 13.4. The van der Waals surface area contributed by atoms with Gasteiger partial charge in [0.1, 0.15) is 6.10 Å². The van der Waals surface area contributed by atoms with Crippen molar-refractivity contribution < 1.29 is 15.1 Å². The molecule has 0 heterocycles. The van der Waals surface area contributed by atoms with E-state index >= 15 is 0 Å². The molecule has 0 aromatic heterocycles. The molecule has 1 aromatic rings. The Kier molecular flexibility index (Phi) is 5.06. The number of nitro benzene ring substituents is 1. The van der Waals surface area contributed by atoms with Crippen molar-refractivity contribution in [2.75, 3.05) is 6.54 Å². The van der Waals surface area contributed by atoms with Crippen molar-refractivity contribution in [1.29, 1.82) is 0 Å². The summed E-state index contributed by atoms with van der Waals surface area (Å²) in [5.74, 6) is 0. The summed E-state index contributed by atoms with van der Waals surface area (Å²) in [4.78, 5) is 12.6. The Morgan fingerprint density at radius 1 is 1.44 bits per heavy atom. The van der Waals surface area contributed by atoms with E-state index in [4.69, 9.17) is 5.53 Å². The Labute approximate surface area is 102 Å². The molecule has 2 atom stereocenters. The molecule has 0 aliphatic carbocycles. The van der Waals surface area contributed by atoms with E-state index < -0.39 is 17.1 Å². The van der Waals surface area contributed by atoms with Crippen molar-refractivity contribution >= 4 is 5.69 Å². The molecule has 8 heteroatoms.